The number of rotatable bonds is 0. The van der Waals surface area contributed by atoms with E-state index in [2.05, 4.69) is 51.1 Å². The highest BCUT2D eigenvalue weighted by Crippen LogP contribution is 2.20. The third-order valence-corrected chi connectivity index (χ3v) is 2.40. The summed E-state index contributed by atoms with van der Waals surface area (Å²) in [4.78, 5) is 0. The highest BCUT2D eigenvalue weighted by Gasteiger charge is 2.11. The van der Waals surface area contributed by atoms with E-state index in [4.69, 9.17) is 5.11 Å². The number of para-hydroxylation sites is 1. The van der Waals surface area contributed by atoms with Crippen molar-refractivity contribution in [3.63, 3.8) is 0 Å². The molecule has 2 rings (SSSR count). The topological polar surface area (TPSA) is 55.2 Å². The first-order chi connectivity index (χ1) is 8.00. The Morgan fingerprint density at radius 3 is 1.33 bits per heavy atom. The van der Waals surface area contributed by atoms with Gasteiger partial charge in [0.05, 0.1) is 0 Å². The quantitative estimate of drug-likeness (QED) is 0.716. The minimum absolute atomic E-state index is 0. The van der Waals surface area contributed by atoms with E-state index >= 15 is 0 Å². The fourth-order valence-corrected chi connectivity index (χ4v) is 1.37. The average molecular weight is 245 g/mol. The summed E-state index contributed by atoms with van der Waals surface area (Å²) in [6.07, 6.45) is 0. The van der Waals surface area contributed by atoms with E-state index in [1.54, 1.807) is 24.3 Å². The number of phenols is 1. The van der Waals surface area contributed by atoms with Crippen LogP contribution in [0.25, 0.3) is 0 Å². The molecule has 0 aliphatic carbocycles. The molecule has 2 aromatic rings. The second-order valence-corrected chi connectivity index (χ2v) is 4.95. The summed E-state index contributed by atoms with van der Waals surface area (Å²) in [5.41, 5.74) is 1.69. The second-order valence-electron chi connectivity index (χ2n) is 4.95. The van der Waals surface area contributed by atoms with Gasteiger partial charge in [-0.2, -0.15) is 0 Å². The summed E-state index contributed by atoms with van der Waals surface area (Å²) in [7, 11) is 0. The minimum atomic E-state index is 0. The van der Waals surface area contributed by atoms with Gasteiger partial charge in [-0.1, -0.05) is 69.3 Å². The van der Waals surface area contributed by atoms with E-state index in [0.29, 0.717) is 11.2 Å². The van der Waals surface area contributed by atoms with Crippen LogP contribution >= 0.6 is 0 Å². The van der Waals surface area contributed by atoms with Crippen LogP contribution in [0, 0.1) is 0 Å². The maximum atomic E-state index is 8.63. The molecule has 2 heteroatoms. The molecule has 2 aromatic carbocycles. The molecule has 0 aromatic heterocycles. The molecular formula is C16H23NO. The normalized spacial score (nSPS) is 9.72. The Bertz CT molecular complexity index is 418. The molecule has 2 nitrogen and oxygen atoms in total. The van der Waals surface area contributed by atoms with E-state index in [1.807, 2.05) is 6.07 Å². The van der Waals surface area contributed by atoms with Gasteiger partial charge in [0, 0.05) is 0 Å². The Labute approximate surface area is 110 Å². The first-order valence-corrected chi connectivity index (χ1v) is 5.79. The van der Waals surface area contributed by atoms with Crippen molar-refractivity contribution in [2.75, 3.05) is 0 Å². The van der Waals surface area contributed by atoms with Gasteiger partial charge in [0.1, 0.15) is 5.75 Å². The summed E-state index contributed by atoms with van der Waals surface area (Å²) >= 11 is 0. The van der Waals surface area contributed by atoms with Gasteiger partial charge in [0.2, 0.25) is 0 Å². The lowest BCUT2D eigenvalue weighted by molar-refractivity contribution is 0.475. The van der Waals surface area contributed by atoms with Crippen molar-refractivity contribution in [1.82, 2.24) is 6.15 Å². The standard InChI is InChI=1S/C10H14.C6H6O.H3N/c1-10(2,3)9-7-5-4-6-8-9;7-6-4-2-1-3-5-6;/h4-8H,1-3H3;1-5,7H;1H3. The van der Waals surface area contributed by atoms with Gasteiger partial charge in [-0.15, -0.1) is 0 Å². The van der Waals surface area contributed by atoms with Crippen LogP contribution in [0.15, 0.2) is 60.7 Å². The zero-order chi connectivity index (χ0) is 12.7. The maximum Gasteiger partial charge on any atom is 0.115 e. The lowest BCUT2D eigenvalue weighted by Gasteiger charge is -2.18. The van der Waals surface area contributed by atoms with Crippen molar-refractivity contribution < 1.29 is 5.11 Å². The van der Waals surface area contributed by atoms with Crippen molar-refractivity contribution in [3.05, 3.63) is 66.2 Å². The summed E-state index contributed by atoms with van der Waals surface area (Å²) in [6, 6.07) is 19.3. The SMILES string of the molecule is CC(C)(C)c1ccccc1.N.Oc1ccccc1. The third kappa shape index (κ3) is 6.06. The van der Waals surface area contributed by atoms with Gasteiger partial charge < -0.3 is 11.3 Å². The Kier molecular flexibility index (Phi) is 6.76. The number of hydrogen-bond acceptors (Lipinski definition) is 2. The lowest BCUT2D eigenvalue weighted by Crippen LogP contribution is -2.10. The predicted molar refractivity (Wildman–Crippen MR) is 78.3 cm³/mol. The summed E-state index contributed by atoms with van der Waals surface area (Å²) < 4.78 is 0. The molecular weight excluding hydrogens is 222 g/mol. The molecule has 0 radical (unpaired) electrons. The fraction of sp³-hybridized carbons (Fsp3) is 0.250. The van der Waals surface area contributed by atoms with Gasteiger partial charge in [0.15, 0.2) is 0 Å². The van der Waals surface area contributed by atoms with Crippen LogP contribution in [0.5, 0.6) is 5.75 Å². The van der Waals surface area contributed by atoms with Gasteiger partial charge in [-0.05, 0) is 23.1 Å². The van der Waals surface area contributed by atoms with Crippen LogP contribution in [-0.4, -0.2) is 5.11 Å². The van der Waals surface area contributed by atoms with E-state index in [9.17, 15) is 0 Å². The van der Waals surface area contributed by atoms with Crippen molar-refractivity contribution in [2.45, 2.75) is 26.2 Å². The van der Waals surface area contributed by atoms with Gasteiger partial charge in [-0.3, -0.25) is 0 Å². The maximum absolute atomic E-state index is 8.63. The van der Waals surface area contributed by atoms with Crippen LogP contribution in [0.1, 0.15) is 26.3 Å². The predicted octanol–water partition coefficient (Wildman–Crippen LogP) is 4.54. The molecule has 0 amide bonds. The smallest absolute Gasteiger partial charge is 0.115 e. The molecule has 0 fully saturated rings. The van der Waals surface area contributed by atoms with Crippen molar-refractivity contribution >= 4 is 0 Å². The molecule has 0 bridgehead atoms. The molecule has 0 aliphatic heterocycles. The fourth-order valence-electron chi connectivity index (χ4n) is 1.37. The van der Waals surface area contributed by atoms with E-state index in [0.717, 1.165) is 0 Å². The third-order valence-electron chi connectivity index (χ3n) is 2.40. The van der Waals surface area contributed by atoms with Crippen LogP contribution in [0.4, 0.5) is 0 Å². The first-order valence-electron chi connectivity index (χ1n) is 5.79. The Hall–Kier alpha value is -1.80. The summed E-state index contributed by atoms with van der Waals surface area (Å²) in [6.45, 7) is 6.67. The van der Waals surface area contributed by atoms with Crippen molar-refractivity contribution in [3.8, 4) is 5.75 Å². The molecule has 0 saturated heterocycles. The summed E-state index contributed by atoms with van der Waals surface area (Å²) in [5.74, 6) is 0.322. The molecule has 0 spiro atoms. The van der Waals surface area contributed by atoms with Crippen LogP contribution in [0.2, 0.25) is 0 Å². The second kappa shape index (κ2) is 7.51. The molecule has 0 unspecified atom stereocenters. The number of phenolic OH excluding ortho intramolecular Hbond substituents is 1. The average Bonchev–Trinajstić information content (AvgIpc) is 2.31. The van der Waals surface area contributed by atoms with E-state index < -0.39 is 0 Å². The van der Waals surface area contributed by atoms with E-state index in [-0.39, 0.29) is 6.15 Å². The molecule has 0 aliphatic rings. The van der Waals surface area contributed by atoms with Crippen LogP contribution < -0.4 is 6.15 Å². The van der Waals surface area contributed by atoms with Crippen molar-refractivity contribution in [1.29, 1.82) is 0 Å². The van der Waals surface area contributed by atoms with Gasteiger partial charge in [-0.25, -0.2) is 0 Å². The highest BCUT2D eigenvalue weighted by molar-refractivity contribution is 5.22. The number of aromatic hydroxyl groups is 1. The summed E-state index contributed by atoms with van der Waals surface area (Å²) in [5, 5.41) is 8.63. The lowest BCUT2D eigenvalue weighted by atomic mass is 9.87. The highest BCUT2D eigenvalue weighted by atomic mass is 16.3. The Balaban J connectivity index is 0.000000321. The molecule has 0 heterocycles. The number of benzene rings is 2. The van der Waals surface area contributed by atoms with Crippen LogP contribution in [-0.2, 0) is 5.41 Å². The van der Waals surface area contributed by atoms with Crippen LogP contribution in [0.3, 0.4) is 0 Å². The molecule has 0 atom stereocenters. The minimum Gasteiger partial charge on any atom is -0.508 e. The Morgan fingerprint density at radius 1 is 0.722 bits per heavy atom. The molecule has 98 valence electrons. The Morgan fingerprint density at radius 2 is 1.11 bits per heavy atom. The van der Waals surface area contributed by atoms with E-state index in [1.165, 1.54) is 5.56 Å². The zero-order valence-electron chi connectivity index (χ0n) is 11.4. The van der Waals surface area contributed by atoms with Gasteiger partial charge in [0.25, 0.3) is 0 Å². The number of hydrogen-bond donors (Lipinski definition) is 2. The largest absolute Gasteiger partial charge is 0.508 e. The first kappa shape index (κ1) is 16.2. The molecule has 4 N–H and O–H groups in total. The zero-order valence-corrected chi connectivity index (χ0v) is 11.4. The van der Waals surface area contributed by atoms with Crippen molar-refractivity contribution in [2.24, 2.45) is 0 Å². The monoisotopic (exact) mass is 245 g/mol. The van der Waals surface area contributed by atoms with Gasteiger partial charge >= 0.3 is 0 Å². The molecule has 0 saturated carbocycles. The molecule has 18 heavy (non-hydrogen) atoms.